The first-order chi connectivity index (χ1) is 11.4. The Morgan fingerprint density at radius 2 is 1.88 bits per heavy atom. The van der Waals surface area contributed by atoms with Crippen LogP contribution in [0.15, 0.2) is 4.99 Å². The highest BCUT2D eigenvalue weighted by Gasteiger charge is 2.35. The van der Waals surface area contributed by atoms with Crippen LogP contribution in [0.1, 0.15) is 46.5 Å². The van der Waals surface area contributed by atoms with Gasteiger partial charge in [-0.05, 0) is 50.6 Å². The Labute approximate surface area is 171 Å². The van der Waals surface area contributed by atoms with Crippen molar-refractivity contribution in [2.75, 3.05) is 46.9 Å². The molecule has 0 spiro atoms. The number of rotatable bonds is 4. The Morgan fingerprint density at radius 1 is 1.16 bits per heavy atom. The summed E-state index contributed by atoms with van der Waals surface area (Å²) in [5.74, 6) is 2.21. The van der Waals surface area contributed by atoms with Gasteiger partial charge in [-0.2, -0.15) is 0 Å². The fraction of sp³-hybridized carbons (Fsp3) is 0.947. The van der Waals surface area contributed by atoms with Crippen molar-refractivity contribution >= 4 is 29.9 Å². The van der Waals surface area contributed by atoms with Crippen LogP contribution in [-0.4, -0.2) is 63.8 Å². The molecule has 2 aliphatic heterocycles. The molecule has 0 aromatic heterocycles. The molecule has 2 rings (SSSR count). The number of guanidine groups is 1. The van der Waals surface area contributed by atoms with Gasteiger partial charge in [0.15, 0.2) is 5.96 Å². The Hall–Kier alpha value is -0.0800. The first-order valence-electron chi connectivity index (χ1n) is 9.65. The third-order valence-corrected chi connectivity index (χ3v) is 5.33. The zero-order chi connectivity index (χ0) is 17.6. The molecule has 6 heteroatoms. The van der Waals surface area contributed by atoms with E-state index in [1.54, 1.807) is 0 Å². The first-order valence-corrected chi connectivity index (χ1v) is 9.65. The van der Waals surface area contributed by atoms with Crippen molar-refractivity contribution in [3.05, 3.63) is 0 Å². The molecule has 0 bridgehead atoms. The maximum atomic E-state index is 6.08. The predicted octanol–water partition coefficient (Wildman–Crippen LogP) is 2.95. The third kappa shape index (κ3) is 7.59. The largest absolute Gasteiger partial charge is 0.377 e. The Balaban J connectivity index is 0.00000312. The average Bonchev–Trinajstić information content (AvgIpc) is 2.54. The van der Waals surface area contributed by atoms with Crippen molar-refractivity contribution in [1.82, 2.24) is 15.5 Å². The number of nitrogens with one attached hydrogen (secondary N) is 2. The molecule has 148 valence electrons. The van der Waals surface area contributed by atoms with E-state index in [1.807, 2.05) is 7.05 Å². The molecule has 2 aliphatic rings. The fourth-order valence-corrected chi connectivity index (χ4v) is 4.14. The summed E-state index contributed by atoms with van der Waals surface area (Å²) in [6.45, 7) is 12.1. The number of nitrogens with zero attached hydrogens (tertiary/aromatic N) is 2. The van der Waals surface area contributed by atoms with E-state index in [0.717, 1.165) is 31.6 Å². The summed E-state index contributed by atoms with van der Waals surface area (Å²) in [4.78, 5) is 6.83. The van der Waals surface area contributed by atoms with Crippen LogP contribution >= 0.6 is 24.0 Å². The van der Waals surface area contributed by atoms with Crippen molar-refractivity contribution in [3.8, 4) is 0 Å². The molecule has 0 radical (unpaired) electrons. The second-order valence-corrected chi connectivity index (χ2v) is 8.66. The predicted molar refractivity (Wildman–Crippen MR) is 117 cm³/mol. The summed E-state index contributed by atoms with van der Waals surface area (Å²) < 4.78 is 6.08. The highest BCUT2D eigenvalue weighted by molar-refractivity contribution is 14.0. The van der Waals surface area contributed by atoms with E-state index in [0.29, 0.717) is 12.0 Å². The molecule has 3 unspecified atom stereocenters. The lowest BCUT2D eigenvalue weighted by Crippen LogP contribution is -2.48. The van der Waals surface area contributed by atoms with Crippen LogP contribution in [0.5, 0.6) is 0 Å². The molecule has 0 aromatic rings. The van der Waals surface area contributed by atoms with Crippen molar-refractivity contribution in [2.24, 2.45) is 22.2 Å². The van der Waals surface area contributed by atoms with Gasteiger partial charge in [-0.25, -0.2) is 0 Å². The number of hydrogen-bond donors (Lipinski definition) is 2. The molecule has 2 saturated heterocycles. The van der Waals surface area contributed by atoms with Crippen molar-refractivity contribution < 1.29 is 4.74 Å². The minimum absolute atomic E-state index is 0. The number of piperidine rings is 1. The molecule has 0 saturated carbocycles. The zero-order valence-corrected chi connectivity index (χ0v) is 19.1. The quantitative estimate of drug-likeness (QED) is 0.380. The highest BCUT2D eigenvalue weighted by atomic mass is 127. The second-order valence-electron chi connectivity index (χ2n) is 8.66. The Bertz CT molecular complexity index is 411. The molecule has 0 amide bonds. The highest BCUT2D eigenvalue weighted by Crippen LogP contribution is 2.33. The maximum Gasteiger partial charge on any atom is 0.190 e. The van der Waals surface area contributed by atoms with Gasteiger partial charge in [-0.3, -0.25) is 4.99 Å². The summed E-state index contributed by atoms with van der Waals surface area (Å²) in [6, 6.07) is 0. The summed E-state index contributed by atoms with van der Waals surface area (Å²) >= 11 is 0. The zero-order valence-electron chi connectivity index (χ0n) is 16.8. The summed E-state index contributed by atoms with van der Waals surface area (Å²) in [5, 5.41) is 7.06. The monoisotopic (exact) mass is 466 g/mol. The van der Waals surface area contributed by atoms with E-state index < -0.39 is 0 Å². The van der Waals surface area contributed by atoms with Gasteiger partial charge in [0.25, 0.3) is 0 Å². The molecule has 0 aromatic carbocycles. The molecule has 0 aliphatic carbocycles. The molecular formula is C19H39IN4O. The van der Waals surface area contributed by atoms with Gasteiger partial charge in [0, 0.05) is 39.2 Å². The van der Waals surface area contributed by atoms with Crippen molar-refractivity contribution in [3.63, 3.8) is 0 Å². The molecule has 3 atom stereocenters. The lowest BCUT2D eigenvalue weighted by molar-refractivity contribution is -0.0835. The van der Waals surface area contributed by atoms with Gasteiger partial charge in [0.2, 0.25) is 0 Å². The lowest BCUT2D eigenvalue weighted by Gasteiger charge is -2.40. The average molecular weight is 466 g/mol. The smallest absolute Gasteiger partial charge is 0.190 e. The molecule has 2 fully saturated rings. The minimum atomic E-state index is 0. The van der Waals surface area contributed by atoms with Crippen LogP contribution in [0.2, 0.25) is 0 Å². The van der Waals surface area contributed by atoms with Gasteiger partial charge in [-0.15, -0.1) is 24.0 Å². The van der Waals surface area contributed by atoms with E-state index in [-0.39, 0.29) is 29.4 Å². The normalized spacial score (nSPS) is 29.0. The number of hydrogen-bond acceptors (Lipinski definition) is 3. The molecule has 25 heavy (non-hydrogen) atoms. The summed E-state index contributed by atoms with van der Waals surface area (Å²) in [6.07, 6.45) is 5.35. The van der Waals surface area contributed by atoms with Gasteiger partial charge < -0.3 is 20.3 Å². The van der Waals surface area contributed by atoms with Crippen LogP contribution in [0.25, 0.3) is 0 Å². The van der Waals surface area contributed by atoms with E-state index in [9.17, 15) is 0 Å². The topological polar surface area (TPSA) is 48.9 Å². The van der Waals surface area contributed by atoms with Gasteiger partial charge in [0.05, 0.1) is 6.10 Å². The second kappa shape index (κ2) is 10.9. The molecular weight excluding hydrogens is 427 g/mol. The van der Waals surface area contributed by atoms with E-state index >= 15 is 0 Å². The van der Waals surface area contributed by atoms with Crippen LogP contribution in [-0.2, 0) is 4.74 Å². The number of aliphatic imine (C=N–C) groups is 1. The SMILES string of the molecule is CN=C(NCC1CCCN(C)C1)NCC1CCCOC1C(C)(C)C.I. The van der Waals surface area contributed by atoms with E-state index in [4.69, 9.17) is 4.74 Å². The van der Waals surface area contributed by atoms with Gasteiger partial charge in [0.1, 0.15) is 0 Å². The Kier molecular flexibility index (Phi) is 10.0. The summed E-state index contributed by atoms with van der Waals surface area (Å²) in [7, 11) is 4.08. The van der Waals surface area contributed by atoms with Crippen molar-refractivity contribution in [1.29, 1.82) is 0 Å². The lowest BCUT2D eigenvalue weighted by atomic mass is 9.78. The fourth-order valence-electron chi connectivity index (χ4n) is 4.14. The van der Waals surface area contributed by atoms with Gasteiger partial charge >= 0.3 is 0 Å². The number of halogens is 1. The van der Waals surface area contributed by atoms with E-state index in [1.165, 1.54) is 38.8 Å². The third-order valence-electron chi connectivity index (χ3n) is 5.33. The van der Waals surface area contributed by atoms with Crippen molar-refractivity contribution in [2.45, 2.75) is 52.6 Å². The molecule has 2 heterocycles. The first kappa shape index (κ1) is 23.0. The standard InChI is InChI=1S/C19H38N4O.HI/c1-19(2,3)17-16(9-7-11-24-17)13-22-18(20-4)21-12-15-8-6-10-23(5)14-15;/h15-17H,6-14H2,1-5H3,(H2,20,21,22);1H. The van der Waals surface area contributed by atoms with Crippen LogP contribution < -0.4 is 10.6 Å². The van der Waals surface area contributed by atoms with Crippen LogP contribution in [0, 0.1) is 17.3 Å². The number of likely N-dealkylation sites (tertiary alicyclic amines) is 1. The van der Waals surface area contributed by atoms with E-state index in [2.05, 4.69) is 48.3 Å². The summed E-state index contributed by atoms with van der Waals surface area (Å²) in [5.41, 5.74) is 0.191. The Morgan fingerprint density at radius 3 is 2.52 bits per heavy atom. The van der Waals surface area contributed by atoms with Crippen LogP contribution in [0.3, 0.4) is 0 Å². The number of ether oxygens (including phenoxy) is 1. The minimum Gasteiger partial charge on any atom is -0.377 e. The molecule has 5 nitrogen and oxygen atoms in total. The van der Waals surface area contributed by atoms with Crippen LogP contribution in [0.4, 0.5) is 0 Å². The maximum absolute atomic E-state index is 6.08. The van der Waals surface area contributed by atoms with Gasteiger partial charge in [-0.1, -0.05) is 20.8 Å². The molecule has 2 N–H and O–H groups in total.